The summed E-state index contributed by atoms with van der Waals surface area (Å²) in [7, 11) is 1.50. The third-order valence-corrected chi connectivity index (χ3v) is 4.26. The van der Waals surface area contributed by atoms with Crippen LogP contribution in [0.2, 0.25) is 0 Å². The SMILES string of the molecule is CCCC1=c2ccccc2=C(CCC)[P]1. The van der Waals surface area contributed by atoms with Gasteiger partial charge in [-0.3, -0.25) is 0 Å². The zero-order valence-corrected chi connectivity index (χ0v) is 10.5. The maximum atomic E-state index is 2.29. The predicted molar refractivity (Wildman–Crippen MR) is 69.2 cm³/mol. The van der Waals surface area contributed by atoms with Crippen molar-refractivity contribution in [2.45, 2.75) is 39.5 Å². The molecule has 0 atom stereocenters. The van der Waals surface area contributed by atoms with E-state index in [1.165, 1.54) is 44.7 Å². The van der Waals surface area contributed by atoms with E-state index in [4.69, 9.17) is 0 Å². The second-order valence-corrected chi connectivity index (χ2v) is 5.35. The Hall–Kier alpha value is -0.610. The molecule has 0 saturated carbocycles. The molecule has 1 radical (unpaired) electrons. The Bertz CT molecular complexity index is 413. The van der Waals surface area contributed by atoms with Gasteiger partial charge >= 0.3 is 0 Å². The monoisotopic (exact) mass is 217 g/mol. The first-order chi connectivity index (χ1) is 7.36. The van der Waals surface area contributed by atoms with E-state index in [0.29, 0.717) is 0 Å². The lowest BCUT2D eigenvalue weighted by molar-refractivity contribution is 0.985. The Morgan fingerprint density at radius 1 is 0.867 bits per heavy atom. The molecule has 1 heteroatoms. The van der Waals surface area contributed by atoms with Gasteiger partial charge in [-0.05, 0) is 42.5 Å². The van der Waals surface area contributed by atoms with Crippen LogP contribution in [0.15, 0.2) is 24.3 Å². The summed E-state index contributed by atoms with van der Waals surface area (Å²) in [6, 6.07) is 8.91. The number of rotatable bonds is 4. The molecule has 0 unspecified atom stereocenters. The Morgan fingerprint density at radius 2 is 1.33 bits per heavy atom. The summed E-state index contributed by atoms with van der Waals surface area (Å²) in [4.78, 5) is 0. The summed E-state index contributed by atoms with van der Waals surface area (Å²) >= 11 is 0. The van der Waals surface area contributed by atoms with Crippen molar-refractivity contribution < 1.29 is 0 Å². The van der Waals surface area contributed by atoms with Gasteiger partial charge in [0, 0.05) is 0 Å². The molecule has 1 heterocycles. The molecular weight excluding hydrogens is 199 g/mol. The van der Waals surface area contributed by atoms with Gasteiger partial charge in [-0.15, -0.1) is 0 Å². The van der Waals surface area contributed by atoms with E-state index in [2.05, 4.69) is 38.1 Å². The van der Waals surface area contributed by atoms with Gasteiger partial charge in [0.15, 0.2) is 0 Å². The lowest BCUT2D eigenvalue weighted by atomic mass is 10.1. The van der Waals surface area contributed by atoms with Crippen molar-refractivity contribution in [3.05, 3.63) is 34.7 Å². The fraction of sp³-hybridized carbons (Fsp3) is 0.429. The number of hydrogen-bond donors (Lipinski definition) is 0. The topological polar surface area (TPSA) is 0 Å². The van der Waals surface area contributed by atoms with E-state index < -0.39 is 0 Å². The smallest absolute Gasteiger partial charge is 0.0137 e. The molecule has 1 aromatic carbocycles. The van der Waals surface area contributed by atoms with Gasteiger partial charge in [0.05, 0.1) is 0 Å². The van der Waals surface area contributed by atoms with E-state index in [1.54, 1.807) is 10.6 Å². The van der Waals surface area contributed by atoms with Crippen LogP contribution in [0.1, 0.15) is 39.5 Å². The van der Waals surface area contributed by atoms with Gasteiger partial charge < -0.3 is 0 Å². The van der Waals surface area contributed by atoms with Crippen LogP contribution < -0.4 is 10.4 Å². The highest BCUT2D eigenvalue weighted by Crippen LogP contribution is 2.40. The van der Waals surface area contributed by atoms with Gasteiger partial charge in [-0.25, -0.2) is 0 Å². The van der Waals surface area contributed by atoms with E-state index in [0.717, 1.165) is 0 Å². The van der Waals surface area contributed by atoms with Crippen LogP contribution >= 0.6 is 8.58 Å². The van der Waals surface area contributed by atoms with Crippen molar-refractivity contribution in [1.29, 1.82) is 0 Å². The molecule has 0 saturated heterocycles. The second kappa shape index (κ2) is 4.94. The third-order valence-electron chi connectivity index (χ3n) is 2.79. The van der Waals surface area contributed by atoms with Crippen LogP contribution in [0, 0.1) is 0 Å². The van der Waals surface area contributed by atoms with Crippen molar-refractivity contribution in [3.8, 4) is 0 Å². The van der Waals surface area contributed by atoms with Crippen LogP contribution in [0.3, 0.4) is 0 Å². The number of benzene rings is 1. The van der Waals surface area contributed by atoms with E-state index in [9.17, 15) is 0 Å². The molecule has 1 aliphatic heterocycles. The Balaban J connectivity index is 2.52. The standard InChI is InChI=1S/C14H18P/c1-3-7-13-11-9-5-6-10-12(11)14(15-13)8-4-2/h5-6,9-10H,3-4,7-8H2,1-2H3. The Kier molecular flexibility index (Phi) is 3.59. The highest BCUT2D eigenvalue weighted by Gasteiger charge is 2.12. The lowest BCUT2D eigenvalue weighted by Gasteiger charge is -2.01. The molecule has 0 amide bonds. The van der Waals surface area contributed by atoms with Gasteiger partial charge in [-0.2, -0.15) is 0 Å². The molecule has 0 N–H and O–H groups in total. The van der Waals surface area contributed by atoms with Crippen molar-refractivity contribution in [2.75, 3.05) is 0 Å². The van der Waals surface area contributed by atoms with E-state index in [-0.39, 0.29) is 0 Å². The summed E-state index contributed by atoms with van der Waals surface area (Å²) in [6.07, 6.45) is 5.03. The maximum Gasteiger partial charge on any atom is -0.0137 e. The van der Waals surface area contributed by atoms with Gasteiger partial charge in [0.2, 0.25) is 0 Å². The van der Waals surface area contributed by atoms with Crippen molar-refractivity contribution >= 4 is 19.2 Å². The number of hydrogen-bond acceptors (Lipinski definition) is 0. The average Bonchev–Trinajstić information content (AvgIpc) is 2.59. The average molecular weight is 217 g/mol. The molecule has 0 aromatic heterocycles. The van der Waals surface area contributed by atoms with Gasteiger partial charge in [0.25, 0.3) is 0 Å². The zero-order valence-electron chi connectivity index (χ0n) is 9.59. The predicted octanol–water partition coefficient (Wildman–Crippen LogP) is 3.46. The summed E-state index contributed by atoms with van der Waals surface area (Å²) < 4.78 is 0. The zero-order chi connectivity index (χ0) is 10.7. The molecule has 0 aliphatic carbocycles. The first-order valence-electron chi connectivity index (χ1n) is 5.90. The quantitative estimate of drug-likeness (QED) is 0.677. The Morgan fingerprint density at radius 3 is 1.73 bits per heavy atom. The summed E-state index contributed by atoms with van der Waals surface area (Å²) in [5.74, 6) is 0. The summed E-state index contributed by atoms with van der Waals surface area (Å²) in [5.41, 5.74) is 0. The van der Waals surface area contributed by atoms with Crippen molar-refractivity contribution in [3.63, 3.8) is 0 Å². The third kappa shape index (κ3) is 2.16. The molecule has 0 bridgehead atoms. The second-order valence-electron chi connectivity index (χ2n) is 4.05. The minimum atomic E-state index is 1.26. The molecular formula is C14H18P. The van der Waals surface area contributed by atoms with Crippen LogP contribution in [0.5, 0.6) is 0 Å². The highest BCUT2D eigenvalue weighted by atomic mass is 31.1. The largest absolute Gasteiger partial charge is 0.0651 e. The molecule has 0 spiro atoms. The fourth-order valence-electron chi connectivity index (χ4n) is 2.12. The van der Waals surface area contributed by atoms with Crippen LogP contribution in [0.4, 0.5) is 0 Å². The van der Waals surface area contributed by atoms with Crippen molar-refractivity contribution in [1.82, 2.24) is 0 Å². The van der Waals surface area contributed by atoms with Crippen LogP contribution in [0.25, 0.3) is 10.6 Å². The first kappa shape index (κ1) is 10.9. The molecule has 1 aromatic rings. The molecule has 1 aliphatic rings. The lowest BCUT2D eigenvalue weighted by Crippen LogP contribution is -2.23. The summed E-state index contributed by atoms with van der Waals surface area (Å²) in [6.45, 7) is 4.53. The molecule has 79 valence electrons. The van der Waals surface area contributed by atoms with Crippen molar-refractivity contribution in [2.24, 2.45) is 0 Å². The highest BCUT2D eigenvalue weighted by molar-refractivity contribution is 7.60. The fourth-order valence-corrected chi connectivity index (χ4v) is 3.75. The maximum absolute atomic E-state index is 2.29. The molecule has 0 nitrogen and oxygen atoms in total. The summed E-state index contributed by atoms with van der Waals surface area (Å²) in [5, 5.41) is 6.31. The molecule has 15 heavy (non-hydrogen) atoms. The van der Waals surface area contributed by atoms with Gasteiger partial charge in [-0.1, -0.05) is 51.0 Å². The van der Waals surface area contributed by atoms with Crippen LogP contribution in [-0.2, 0) is 0 Å². The first-order valence-corrected chi connectivity index (χ1v) is 6.79. The van der Waals surface area contributed by atoms with Gasteiger partial charge in [0.1, 0.15) is 0 Å². The van der Waals surface area contributed by atoms with Crippen LogP contribution in [-0.4, -0.2) is 0 Å². The normalized spacial score (nSPS) is 14.5. The number of fused-ring (bicyclic) bond motifs is 1. The molecule has 2 rings (SSSR count). The van der Waals surface area contributed by atoms with E-state index >= 15 is 0 Å². The Labute approximate surface area is 93.9 Å². The molecule has 0 fully saturated rings. The minimum absolute atomic E-state index is 1.26. The van der Waals surface area contributed by atoms with E-state index in [1.807, 2.05) is 0 Å². The minimum Gasteiger partial charge on any atom is -0.0651 e.